The van der Waals surface area contributed by atoms with Crippen LogP contribution < -0.4 is 0 Å². The van der Waals surface area contributed by atoms with E-state index in [0.717, 1.165) is 5.56 Å². The van der Waals surface area contributed by atoms with Gasteiger partial charge in [0.1, 0.15) is 17.1 Å². The lowest BCUT2D eigenvalue weighted by molar-refractivity contribution is 0.468. The first-order valence-corrected chi connectivity index (χ1v) is 6.30. The summed E-state index contributed by atoms with van der Waals surface area (Å²) in [5.74, 6) is 0.00443. The smallest absolute Gasteiger partial charge is 0.240 e. The molecule has 0 spiro atoms. The van der Waals surface area contributed by atoms with Gasteiger partial charge in [0.05, 0.1) is 0 Å². The zero-order valence-electron chi connectivity index (χ0n) is 11.1. The van der Waals surface area contributed by atoms with Crippen molar-refractivity contribution >= 4 is 23.5 Å². The summed E-state index contributed by atoms with van der Waals surface area (Å²) >= 11 is 0. The summed E-state index contributed by atoms with van der Waals surface area (Å²) < 4.78 is 0. The number of aromatic hydroxyl groups is 1. The number of rotatable bonds is 5. The molecule has 0 radical (unpaired) electrons. The van der Waals surface area contributed by atoms with Crippen LogP contribution >= 0.6 is 0 Å². The van der Waals surface area contributed by atoms with Crippen molar-refractivity contribution in [2.45, 2.75) is 12.8 Å². The summed E-state index contributed by atoms with van der Waals surface area (Å²) in [5, 5.41) is 9.96. The Labute approximate surface area is 121 Å². The molecule has 5 nitrogen and oxygen atoms in total. The van der Waals surface area contributed by atoms with E-state index >= 15 is 0 Å². The highest BCUT2D eigenvalue weighted by atomic mass is 16.3. The van der Waals surface area contributed by atoms with Crippen LogP contribution in [0, 0.1) is 0 Å². The average molecular weight is 280 g/mol. The van der Waals surface area contributed by atoms with Crippen LogP contribution in [0.15, 0.2) is 52.4 Å². The van der Waals surface area contributed by atoms with Crippen LogP contribution in [0.1, 0.15) is 11.1 Å². The van der Waals surface area contributed by atoms with Gasteiger partial charge in [0.15, 0.2) is 0 Å². The van der Waals surface area contributed by atoms with Crippen molar-refractivity contribution in [1.82, 2.24) is 0 Å². The van der Waals surface area contributed by atoms with Gasteiger partial charge in [0.2, 0.25) is 12.2 Å². The maximum Gasteiger partial charge on any atom is 0.240 e. The predicted molar refractivity (Wildman–Crippen MR) is 77.5 cm³/mol. The van der Waals surface area contributed by atoms with Crippen molar-refractivity contribution in [2.75, 3.05) is 0 Å². The molecule has 5 heteroatoms. The van der Waals surface area contributed by atoms with Crippen molar-refractivity contribution in [3.05, 3.63) is 53.6 Å². The van der Waals surface area contributed by atoms with Crippen LogP contribution in [-0.2, 0) is 22.4 Å². The molecule has 0 saturated carbocycles. The first kappa shape index (κ1) is 14.4. The van der Waals surface area contributed by atoms with Gasteiger partial charge in [-0.1, -0.05) is 30.3 Å². The van der Waals surface area contributed by atoms with Crippen molar-refractivity contribution in [1.29, 1.82) is 0 Å². The van der Waals surface area contributed by atoms with E-state index in [-0.39, 0.29) is 17.1 Å². The van der Waals surface area contributed by atoms with Crippen LogP contribution in [0.2, 0.25) is 0 Å². The number of hydrogen-bond donors (Lipinski definition) is 1. The number of hydrogen-bond acceptors (Lipinski definition) is 5. The second kappa shape index (κ2) is 6.96. The van der Waals surface area contributed by atoms with Gasteiger partial charge in [-0.25, -0.2) is 9.59 Å². The Morgan fingerprint density at radius 1 is 0.905 bits per heavy atom. The molecule has 0 aliphatic carbocycles. The molecular formula is C16H12N2O3. The summed E-state index contributed by atoms with van der Waals surface area (Å²) in [6, 6.07) is 12.5. The summed E-state index contributed by atoms with van der Waals surface area (Å²) in [7, 11) is 0. The van der Waals surface area contributed by atoms with Crippen LogP contribution in [-0.4, -0.2) is 17.3 Å². The Hall–Kier alpha value is -3.00. The fourth-order valence-corrected chi connectivity index (χ4v) is 2.08. The normalized spacial score (nSPS) is 9.52. The molecule has 2 aromatic rings. The van der Waals surface area contributed by atoms with Crippen molar-refractivity contribution in [3.8, 4) is 5.75 Å². The molecule has 0 aromatic heterocycles. The Morgan fingerprint density at radius 3 is 2.29 bits per heavy atom. The van der Waals surface area contributed by atoms with E-state index in [9.17, 15) is 14.7 Å². The summed E-state index contributed by atoms with van der Waals surface area (Å²) in [4.78, 5) is 28.0. The minimum Gasteiger partial charge on any atom is -0.508 e. The topological polar surface area (TPSA) is 79.1 Å². The molecule has 0 unspecified atom stereocenters. The van der Waals surface area contributed by atoms with Gasteiger partial charge in [0.25, 0.3) is 0 Å². The van der Waals surface area contributed by atoms with E-state index in [1.165, 1.54) is 24.3 Å². The number of isocyanates is 2. The minimum absolute atomic E-state index is 0.00443. The van der Waals surface area contributed by atoms with E-state index in [2.05, 4.69) is 9.98 Å². The molecule has 0 amide bonds. The highest BCUT2D eigenvalue weighted by Gasteiger charge is 2.13. The van der Waals surface area contributed by atoms with E-state index in [1.54, 1.807) is 0 Å². The number of aliphatic imine (C=N–C) groups is 2. The second-order valence-electron chi connectivity index (χ2n) is 4.32. The summed E-state index contributed by atoms with van der Waals surface area (Å²) in [6.07, 6.45) is 3.94. The van der Waals surface area contributed by atoms with Gasteiger partial charge in [0, 0.05) is 5.56 Å². The van der Waals surface area contributed by atoms with Crippen LogP contribution in [0.5, 0.6) is 5.75 Å². The third-order valence-corrected chi connectivity index (χ3v) is 3.07. The third-order valence-electron chi connectivity index (χ3n) is 3.07. The van der Waals surface area contributed by atoms with E-state index in [4.69, 9.17) is 0 Å². The lowest BCUT2D eigenvalue weighted by Gasteiger charge is -2.09. The van der Waals surface area contributed by atoms with Crippen LogP contribution in [0.3, 0.4) is 0 Å². The lowest BCUT2D eigenvalue weighted by Crippen LogP contribution is -1.93. The fraction of sp³-hybridized carbons (Fsp3) is 0.125. The predicted octanol–water partition coefficient (Wildman–Crippen LogP) is 3.11. The van der Waals surface area contributed by atoms with E-state index in [1.807, 2.05) is 30.3 Å². The molecule has 104 valence electrons. The Bertz CT molecular complexity index is 729. The fourth-order valence-electron chi connectivity index (χ4n) is 2.08. The van der Waals surface area contributed by atoms with Crippen LogP contribution in [0.25, 0.3) is 0 Å². The highest BCUT2D eigenvalue weighted by molar-refractivity contribution is 5.74. The lowest BCUT2D eigenvalue weighted by atomic mass is 10.0. The minimum atomic E-state index is 0.00443. The number of carbonyl (C=O) groups excluding carboxylic acids is 2. The maximum atomic E-state index is 10.6. The Kier molecular flexibility index (Phi) is 4.78. The van der Waals surface area contributed by atoms with Gasteiger partial charge in [-0.15, -0.1) is 0 Å². The number of aryl methyl sites for hydroxylation is 1. The molecule has 21 heavy (non-hydrogen) atoms. The largest absolute Gasteiger partial charge is 0.508 e. The zero-order valence-corrected chi connectivity index (χ0v) is 11.1. The monoisotopic (exact) mass is 280 g/mol. The molecule has 2 rings (SSSR count). The molecular weight excluding hydrogens is 268 g/mol. The summed E-state index contributed by atoms with van der Waals surface area (Å²) in [6.45, 7) is 0. The molecule has 0 atom stereocenters. The standard InChI is InChI=1S/C16H12N2O3/c19-10-17-14-8-9-15(21)13(16(14)18-11-20)7-6-12-4-2-1-3-5-12/h1-5,8-9,21H,6-7H2. The second-order valence-corrected chi connectivity index (χ2v) is 4.32. The molecule has 0 aliphatic heterocycles. The van der Waals surface area contributed by atoms with Gasteiger partial charge >= 0.3 is 0 Å². The molecule has 0 heterocycles. The molecule has 0 fully saturated rings. The third kappa shape index (κ3) is 3.51. The Balaban J connectivity index is 2.39. The molecule has 1 N–H and O–H groups in total. The van der Waals surface area contributed by atoms with E-state index < -0.39 is 0 Å². The van der Waals surface area contributed by atoms with Crippen molar-refractivity contribution in [3.63, 3.8) is 0 Å². The van der Waals surface area contributed by atoms with Gasteiger partial charge in [-0.05, 0) is 30.5 Å². The molecule has 0 bridgehead atoms. The number of phenols is 1. The molecule has 0 aliphatic rings. The maximum absolute atomic E-state index is 10.6. The van der Waals surface area contributed by atoms with Crippen LogP contribution in [0.4, 0.5) is 11.4 Å². The van der Waals surface area contributed by atoms with Crippen molar-refractivity contribution < 1.29 is 14.7 Å². The number of phenolic OH excluding ortho intramolecular Hbond substituents is 1. The average Bonchev–Trinajstić information content (AvgIpc) is 2.51. The van der Waals surface area contributed by atoms with Gasteiger partial charge in [-0.3, -0.25) is 0 Å². The van der Waals surface area contributed by atoms with Gasteiger partial charge in [-0.2, -0.15) is 9.98 Å². The first-order chi connectivity index (χ1) is 10.3. The number of nitrogens with zero attached hydrogens (tertiary/aromatic N) is 2. The number of benzene rings is 2. The van der Waals surface area contributed by atoms with E-state index in [0.29, 0.717) is 18.4 Å². The van der Waals surface area contributed by atoms with Crippen molar-refractivity contribution in [2.24, 2.45) is 9.98 Å². The van der Waals surface area contributed by atoms with Gasteiger partial charge < -0.3 is 5.11 Å². The molecule has 2 aromatic carbocycles. The molecule has 0 saturated heterocycles. The highest BCUT2D eigenvalue weighted by Crippen LogP contribution is 2.37. The first-order valence-electron chi connectivity index (χ1n) is 6.30. The summed E-state index contributed by atoms with van der Waals surface area (Å²) in [5.41, 5.74) is 1.89. The zero-order chi connectivity index (χ0) is 15.1. The quantitative estimate of drug-likeness (QED) is 0.675. The SMILES string of the molecule is O=C=Nc1ccc(O)c(CCc2ccccc2)c1N=C=O. The Morgan fingerprint density at radius 2 is 1.62 bits per heavy atom.